The zero-order chi connectivity index (χ0) is 21.2. The number of anilines is 1. The Balaban J connectivity index is 1.24. The van der Waals surface area contributed by atoms with Gasteiger partial charge in [-0.2, -0.15) is 0 Å². The van der Waals surface area contributed by atoms with Gasteiger partial charge in [-0.3, -0.25) is 9.78 Å². The van der Waals surface area contributed by atoms with E-state index in [1.165, 1.54) is 0 Å². The molecule has 0 radical (unpaired) electrons. The number of benzene rings is 2. The van der Waals surface area contributed by atoms with E-state index in [1.807, 2.05) is 60.9 Å². The largest absolute Gasteiger partial charge is 0.382 e. The number of aryl methyl sites for hydroxylation is 1. The van der Waals surface area contributed by atoms with Crippen LogP contribution in [0.4, 0.5) is 5.82 Å². The molecule has 2 aromatic carbocycles. The third kappa shape index (κ3) is 3.54. The van der Waals surface area contributed by atoms with Crippen LogP contribution in [0.3, 0.4) is 0 Å². The average molecular weight is 410 g/mol. The summed E-state index contributed by atoms with van der Waals surface area (Å²) in [6.45, 7) is 1.38. The standard InChI is InChI=1S/C24H22N6O/c25-23-21-22(17-9-1-2-11-19(17)29-23)30(15-28-21)14-4-3-12-27-24(31)18-10-5-7-16-8-6-13-26-20(16)18/h1-2,5-11,13,15H,3-4,12,14H2,(H2,25,29)(H,27,31). The average Bonchev–Trinajstić information content (AvgIpc) is 3.23. The Kier molecular flexibility index (Phi) is 4.92. The van der Waals surface area contributed by atoms with Crippen LogP contribution >= 0.6 is 0 Å². The van der Waals surface area contributed by atoms with Crippen LogP contribution in [0.1, 0.15) is 23.2 Å². The number of carbonyl (C=O) groups is 1. The van der Waals surface area contributed by atoms with Crippen LogP contribution in [0.2, 0.25) is 0 Å². The lowest BCUT2D eigenvalue weighted by atomic mass is 10.1. The molecule has 0 aliphatic carbocycles. The molecule has 1 amide bonds. The lowest BCUT2D eigenvalue weighted by Crippen LogP contribution is -2.25. The molecule has 5 aromatic rings. The minimum Gasteiger partial charge on any atom is -0.382 e. The number of aromatic nitrogens is 4. The maximum Gasteiger partial charge on any atom is 0.253 e. The van der Waals surface area contributed by atoms with Gasteiger partial charge in [-0.25, -0.2) is 9.97 Å². The molecule has 0 saturated heterocycles. The smallest absolute Gasteiger partial charge is 0.253 e. The van der Waals surface area contributed by atoms with Gasteiger partial charge in [0, 0.05) is 30.1 Å². The van der Waals surface area contributed by atoms with Crippen LogP contribution in [0.15, 0.2) is 67.1 Å². The fourth-order valence-corrected chi connectivity index (χ4v) is 3.97. The van der Waals surface area contributed by atoms with E-state index in [-0.39, 0.29) is 5.91 Å². The monoisotopic (exact) mass is 410 g/mol. The Labute approximate surface area is 178 Å². The predicted octanol–water partition coefficient (Wildman–Crippen LogP) is 3.93. The van der Waals surface area contributed by atoms with Gasteiger partial charge in [-0.15, -0.1) is 0 Å². The number of nitrogens with two attached hydrogens (primary N) is 1. The number of nitrogen functional groups attached to an aromatic ring is 1. The lowest BCUT2D eigenvalue weighted by molar-refractivity contribution is 0.0954. The van der Waals surface area contributed by atoms with Crippen molar-refractivity contribution in [1.29, 1.82) is 0 Å². The number of pyridine rings is 2. The number of hydrogen-bond acceptors (Lipinski definition) is 5. The van der Waals surface area contributed by atoms with Crippen molar-refractivity contribution >= 4 is 44.6 Å². The van der Waals surface area contributed by atoms with Crippen LogP contribution < -0.4 is 11.1 Å². The molecular formula is C24H22N6O. The Morgan fingerprint density at radius 1 is 0.968 bits per heavy atom. The topological polar surface area (TPSA) is 98.7 Å². The molecule has 0 spiro atoms. The predicted molar refractivity (Wildman–Crippen MR) is 123 cm³/mol. The molecule has 7 nitrogen and oxygen atoms in total. The first-order chi connectivity index (χ1) is 15.2. The van der Waals surface area contributed by atoms with Crippen LogP contribution in [0.25, 0.3) is 32.8 Å². The fraction of sp³-hybridized carbons (Fsp3) is 0.167. The van der Waals surface area contributed by atoms with Crippen molar-refractivity contribution in [1.82, 2.24) is 24.8 Å². The van der Waals surface area contributed by atoms with E-state index in [0.29, 0.717) is 17.9 Å². The summed E-state index contributed by atoms with van der Waals surface area (Å²) < 4.78 is 2.12. The molecule has 154 valence electrons. The molecule has 0 fully saturated rings. The molecule has 3 aromatic heterocycles. The normalized spacial score (nSPS) is 11.4. The number of unbranched alkanes of at least 4 members (excludes halogenated alkanes) is 1. The second-order valence-electron chi connectivity index (χ2n) is 7.49. The van der Waals surface area contributed by atoms with Crippen molar-refractivity contribution in [2.75, 3.05) is 12.3 Å². The molecule has 5 rings (SSSR count). The molecule has 0 bridgehead atoms. The minimum atomic E-state index is -0.0952. The summed E-state index contributed by atoms with van der Waals surface area (Å²) in [6, 6.07) is 17.4. The molecule has 0 saturated carbocycles. The van der Waals surface area contributed by atoms with E-state index in [4.69, 9.17) is 5.73 Å². The molecule has 0 atom stereocenters. The van der Waals surface area contributed by atoms with Gasteiger partial charge in [0.15, 0.2) is 5.82 Å². The molecular weight excluding hydrogens is 388 g/mol. The second kappa shape index (κ2) is 8.02. The molecule has 31 heavy (non-hydrogen) atoms. The lowest BCUT2D eigenvalue weighted by Gasteiger charge is -2.09. The van der Waals surface area contributed by atoms with E-state index in [1.54, 1.807) is 6.20 Å². The Hall–Kier alpha value is -4.00. The van der Waals surface area contributed by atoms with E-state index >= 15 is 0 Å². The van der Waals surface area contributed by atoms with Crippen molar-refractivity contribution in [3.05, 3.63) is 72.7 Å². The molecule has 0 aliphatic heterocycles. The van der Waals surface area contributed by atoms with E-state index in [2.05, 4.69) is 24.8 Å². The van der Waals surface area contributed by atoms with Gasteiger partial charge in [-0.1, -0.05) is 36.4 Å². The first-order valence-electron chi connectivity index (χ1n) is 10.3. The summed E-state index contributed by atoms with van der Waals surface area (Å²) in [5, 5.41) is 5.02. The molecule has 3 heterocycles. The van der Waals surface area contributed by atoms with Crippen LogP contribution in [0.5, 0.6) is 0 Å². The second-order valence-corrected chi connectivity index (χ2v) is 7.49. The van der Waals surface area contributed by atoms with Gasteiger partial charge in [0.05, 0.1) is 28.4 Å². The van der Waals surface area contributed by atoms with Crippen molar-refractivity contribution < 1.29 is 4.79 Å². The number of hydrogen-bond donors (Lipinski definition) is 2. The highest BCUT2D eigenvalue weighted by Gasteiger charge is 2.12. The third-order valence-electron chi connectivity index (χ3n) is 5.47. The summed E-state index contributed by atoms with van der Waals surface area (Å²) in [5.74, 6) is 0.352. The summed E-state index contributed by atoms with van der Waals surface area (Å²) >= 11 is 0. The minimum absolute atomic E-state index is 0.0952. The fourth-order valence-electron chi connectivity index (χ4n) is 3.97. The molecule has 7 heteroatoms. The summed E-state index contributed by atoms with van der Waals surface area (Å²) in [6.07, 6.45) is 5.27. The molecule has 0 aliphatic rings. The van der Waals surface area contributed by atoms with Gasteiger partial charge >= 0.3 is 0 Å². The first kappa shape index (κ1) is 19.0. The Morgan fingerprint density at radius 3 is 2.77 bits per heavy atom. The maximum atomic E-state index is 12.6. The zero-order valence-corrected chi connectivity index (χ0v) is 17.0. The van der Waals surface area contributed by atoms with Gasteiger partial charge in [-0.05, 0) is 31.0 Å². The highest BCUT2D eigenvalue weighted by molar-refractivity contribution is 6.06. The van der Waals surface area contributed by atoms with Crippen LogP contribution in [-0.2, 0) is 6.54 Å². The number of para-hydroxylation sites is 2. The highest BCUT2D eigenvalue weighted by Crippen LogP contribution is 2.27. The van der Waals surface area contributed by atoms with Gasteiger partial charge in [0.1, 0.15) is 5.52 Å². The summed E-state index contributed by atoms with van der Waals surface area (Å²) in [5.41, 5.74) is 10.0. The van der Waals surface area contributed by atoms with E-state index in [0.717, 1.165) is 52.2 Å². The Morgan fingerprint density at radius 2 is 1.84 bits per heavy atom. The van der Waals surface area contributed by atoms with Crippen molar-refractivity contribution in [2.24, 2.45) is 0 Å². The van der Waals surface area contributed by atoms with Gasteiger partial charge < -0.3 is 15.6 Å². The van der Waals surface area contributed by atoms with Gasteiger partial charge in [0.2, 0.25) is 0 Å². The van der Waals surface area contributed by atoms with Gasteiger partial charge in [0.25, 0.3) is 5.91 Å². The zero-order valence-electron chi connectivity index (χ0n) is 17.0. The van der Waals surface area contributed by atoms with Crippen molar-refractivity contribution in [3.8, 4) is 0 Å². The van der Waals surface area contributed by atoms with Crippen LogP contribution in [0, 0.1) is 0 Å². The number of rotatable bonds is 6. The van der Waals surface area contributed by atoms with Crippen molar-refractivity contribution in [3.63, 3.8) is 0 Å². The summed E-state index contributed by atoms with van der Waals surface area (Å²) in [7, 11) is 0. The SMILES string of the molecule is Nc1nc2ccccc2c2c1ncn2CCCCNC(=O)c1cccc2cccnc12. The third-order valence-corrected chi connectivity index (χ3v) is 5.47. The number of carbonyl (C=O) groups excluding carboxylic acids is 1. The Bertz CT molecular complexity index is 1400. The number of fused-ring (bicyclic) bond motifs is 4. The van der Waals surface area contributed by atoms with Crippen LogP contribution in [-0.4, -0.2) is 32.0 Å². The molecule has 0 unspecified atom stereocenters. The number of amides is 1. The highest BCUT2D eigenvalue weighted by atomic mass is 16.1. The first-order valence-corrected chi connectivity index (χ1v) is 10.3. The van der Waals surface area contributed by atoms with Crippen molar-refractivity contribution in [2.45, 2.75) is 19.4 Å². The van der Waals surface area contributed by atoms with E-state index < -0.39 is 0 Å². The van der Waals surface area contributed by atoms with E-state index in [9.17, 15) is 4.79 Å². The maximum absolute atomic E-state index is 12.6. The number of imidazole rings is 1. The summed E-state index contributed by atoms with van der Waals surface area (Å²) in [4.78, 5) is 25.9. The number of nitrogens with zero attached hydrogens (tertiary/aromatic N) is 4. The number of nitrogens with one attached hydrogen (secondary N) is 1. The molecule has 3 N–H and O–H groups in total. The quantitative estimate of drug-likeness (QED) is 0.413.